The van der Waals surface area contributed by atoms with Gasteiger partial charge in [0.1, 0.15) is 5.54 Å². The molecule has 1 saturated carbocycles. The minimum absolute atomic E-state index is 0.0443. The maximum atomic E-state index is 12.0. The summed E-state index contributed by atoms with van der Waals surface area (Å²) in [5.41, 5.74) is -0.663. The van der Waals surface area contributed by atoms with Crippen molar-refractivity contribution in [3.05, 3.63) is 33.4 Å². The number of hydrogen-bond donors (Lipinski definition) is 2. The van der Waals surface area contributed by atoms with Gasteiger partial charge in [0.2, 0.25) is 0 Å². The fourth-order valence-corrected chi connectivity index (χ4v) is 2.26. The molecule has 96 valence electrons. The Labute approximate surface area is 119 Å². The highest BCUT2D eigenvalue weighted by Crippen LogP contribution is 2.39. The number of carboxylic acid groups (broad SMARTS) is 1. The first-order valence-corrected chi connectivity index (χ1v) is 6.83. The molecule has 0 saturated heterocycles. The van der Waals surface area contributed by atoms with Crippen LogP contribution in [0.5, 0.6) is 0 Å². The van der Waals surface area contributed by atoms with Gasteiger partial charge in [-0.25, -0.2) is 4.79 Å². The monoisotopic (exact) mass is 359 g/mol. The zero-order valence-corrected chi connectivity index (χ0v) is 12.1. The number of aliphatic carboxylic acids is 1. The molecule has 1 unspecified atom stereocenters. The van der Waals surface area contributed by atoms with E-state index in [4.69, 9.17) is 0 Å². The summed E-state index contributed by atoms with van der Waals surface area (Å²) in [7, 11) is 0. The Kier molecular flexibility index (Phi) is 3.61. The Morgan fingerprint density at radius 1 is 1.33 bits per heavy atom. The third-order valence-electron chi connectivity index (χ3n) is 3.32. The summed E-state index contributed by atoms with van der Waals surface area (Å²) in [6.07, 6.45) is 1.71. The zero-order valence-electron chi connectivity index (χ0n) is 9.94. The van der Waals surface area contributed by atoms with Gasteiger partial charge >= 0.3 is 5.97 Å². The van der Waals surface area contributed by atoms with Crippen LogP contribution in [0.25, 0.3) is 0 Å². The standard InChI is InChI=1S/C13H14INO3/c1-13(12(17)18,9-4-5-9)15-11(16)8-2-6-10(14)7-3-8/h2-3,6-7,9H,4-5H2,1H3,(H,15,16)(H,17,18). The summed E-state index contributed by atoms with van der Waals surface area (Å²) in [5, 5.41) is 11.9. The van der Waals surface area contributed by atoms with Crippen molar-refractivity contribution in [3.63, 3.8) is 0 Å². The van der Waals surface area contributed by atoms with Crippen LogP contribution in [0.1, 0.15) is 30.1 Å². The van der Waals surface area contributed by atoms with Crippen molar-refractivity contribution >= 4 is 34.5 Å². The lowest BCUT2D eigenvalue weighted by Gasteiger charge is -2.26. The molecule has 18 heavy (non-hydrogen) atoms. The van der Waals surface area contributed by atoms with Gasteiger partial charge in [0.15, 0.2) is 0 Å². The second kappa shape index (κ2) is 4.87. The Balaban J connectivity index is 2.15. The van der Waals surface area contributed by atoms with Crippen LogP contribution in [-0.2, 0) is 4.79 Å². The number of nitrogens with one attached hydrogen (secondary N) is 1. The van der Waals surface area contributed by atoms with E-state index in [0.29, 0.717) is 5.56 Å². The van der Waals surface area contributed by atoms with E-state index >= 15 is 0 Å². The van der Waals surface area contributed by atoms with E-state index in [2.05, 4.69) is 27.9 Å². The van der Waals surface area contributed by atoms with Crippen molar-refractivity contribution < 1.29 is 14.7 Å². The highest BCUT2D eigenvalue weighted by Gasteiger charge is 2.48. The highest BCUT2D eigenvalue weighted by molar-refractivity contribution is 14.1. The molecule has 0 bridgehead atoms. The fraction of sp³-hybridized carbons (Fsp3) is 0.385. The van der Waals surface area contributed by atoms with E-state index in [9.17, 15) is 14.7 Å². The lowest BCUT2D eigenvalue weighted by molar-refractivity contribution is -0.144. The molecule has 1 aliphatic carbocycles. The van der Waals surface area contributed by atoms with Gasteiger partial charge in [-0.3, -0.25) is 4.79 Å². The minimum atomic E-state index is -1.15. The summed E-state index contributed by atoms with van der Waals surface area (Å²) in [4.78, 5) is 23.3. The van der Waals surface area contributed by atoms with Crippen LogP contribution in [0.2, 0.25) is 0 Å². The molecule has 1 aliphatic rings. The topological polar surface area (TPSA) is 66.4 Å². The molecule has 0 heterocycles. The molecule has 0 aliphatic heterocycles. The summed E-state index contributed by atoms with van der Waals surface area (Å²) in [6.45, 7) is 1.58. The molecule has 1 amide bonds. The Bertz CT molecular complexity index is 482. The number of carbonyl (C=O) groups is 2. The normalized spacial score (nSPS) is 17.9. The van der Waals surface area contributed by atoms with Crippen LogP contribution in [-0.4, -0.2) is 22.5 Å². The summed E-state index contributed by atoms with van der Waals surface area (Å²) < 4.78 is 1.03. The predicted octanol–water partition coefficient (Wildman–Crippen LogP) is 2.27. The summed E-state index contributed by atoms with van der Waals surface area (Å²) in [5.74, 6) is -1.25. The molecule has 2 N–H and O–H groups in total. The van der Waals surface area contributed by atoms with Gasteiger partial charge in [-0.2, -0.15) is 0 Å². The van der Waals surface area contributed by atoms with Gasteiger partial charge in [-0.05, 0) is 72.5 Å². The number of hydrogen-bond acceptors (Lipinski definition) is 2. The van der Waals surface area contributed by atoms with Crippen molar-refractivity contribution in [2.45, 2.75) is 25.3 Å². The number of rotatable bonds is 4. The molecule has 1 aromatic carbocycles. The Morgan fingerprint density at radius 3 is 2.33 bits per heavy atom. The quantitative estimate of drug-likeness (QED) is 0.811. The van der Waals surface area contributed by atoms with E-state index in [0.717, 1.165) is 16.4 Å². The van der Waals surface area contributed by atoms with Gasteiger partial charge in [-0.1, -0.05) is 0 Å². The summed E-state index contributed by atoms with van der Waals surface area (Å²) in [6, 6.07) is 7.05. The van der Waals surface area contributed by atoms with E-state index < -0.39 is 11.5 Å². The second-order valence-electron chi connectivity index (χ2n) is 4.74. The number of amides is 1. The molecule has 0 spiro atoms. The molecule has 0 radical (unpaired) electrons. The van der Waals surface area contributed by atoms with E-state index in [-0.39, 0.29) is 11.8 Å². The third kappa shape index (κ3) is 2.66. The van der Waals surface area contributed by atoms with Crippen LogP contribution >= 0.6 is 22.6 Å². The smallest absolute Gasteiger partial charge is 0.329 e. The van der Waals surface area contributed by atoms with E-state index in [1.807, 2.05) is 12.1 Å². The van der Waals surface area contributed by atoms with Crippen molar-refractivity contribution in [2.75, 3.05) is 0 Å². The van der Waals surface area contributed by atoms with Crippen LogP contribution in [0, 0.1) is 9.49 Å². The lowest BCUT2D eigenvalue weighted by Crippen LogP contribution is -2.54. The Hall–Kier alpha value is -1.11. The van der Waals surface area contributed by atoms with E-state index in [1.54, 1.807) is 19.1 Å². The molecule has 4 nitrogen and oxygen atoms in total. The van der Waals surface area contributed by atoms with Gasteiger partial charge in [0.05, 0.1) is 0 Å². The van der Waals surface area contributed by atoms with Crippen molar-refractivity contribution in [1.29, 1.82) is 0 Å². The molecule has 1 atom stereocenters. The largest absolute Gasteiger partial charge is 0.480 e. The maximum Gasteiger partial charge on any atom is 0.329 e. The summed E-state index contributed by atoms with van der Waals surface area (Å²) >= 11 is 2.15. The van der Waals surface area contributed by atoms with E-state index in [1.165, 1.54) is 0 Å². The molecular weight excluding hydrogens is 345 g/mol. The Morgan fingerprint density at radius 2 is 1.89 bits per heavy atom. The molecule has 5 heteroatoms. The molecule has 0 aromatic heterocycles. The average molecular weight is 359 g/mol. The van der Waals surface area contributed by atoms with Crippen LogP contribution in [0.15, 0.2) is 24.3 Å². The molecule has 1 aromatic rings. The molecule has 2 rings (SSSR count). The number of benzene rings is 1. The van der Waals surface area contributed by atoms with Crippen molar-refractivity contribution in [2.24, 2.45) is 5.92 Å². The maximum absolute atomic E-state index is 12.0. The number of carbonyl (C=O) groups excluding carboxylic acids is 1. The number of halogens is 1. The molecular formula is C13H14INO3. The van der Waals surface area contributed by atoms with Gasteiger partial charge < -0.3 is 10.4 Å². The van der Waals surface area contributed by atoms with Crippen LogP contribution < -0.4 is 5.32 Å². The first-order valence-electron chi connectivity index (χ1n) is 5.75. The molecule has 1 fully saturated rings. The first kappa shape index (κ1) is 13.3. The minimum Gasteiger partial charge on any atom is -0.480 e. The fourth-order valence-electron chi connectivity index (χ4n) is 1.90. The third-order valence-corrected chi connectivity index (χ3v) is 4.04. The second-order valence-corrected chi connectivity index (χ2v) is 5.99. The van der Waals surface area contributed by atoms with Gasteiger partial charge in [0.25, 0.3) is 5.91 Å². The van der Waals surface area contributed by atoms with Crippen LogP contribution in [0.3, 0.4) is 0 Å². The van der Waals surface area contributed by atoms with Gasteiger partial charge in [0, 0.05) is 9.13 Å². The highest BCUT2D eigenvalue weighted by atomic mass is 127. The van der Waals surface area contributed by atoms with Crippen LogP contribution in [0.4, 0.5) is 0 Å². The lowest BCUT2D eigenvalue weighted by atomic mass is 9.95. The zero-order chi connectivity index (χ0) is 13.3. The predicted molar refractivity (Wildman–Crippen MR) is 75.4 cm³/mol. The van der Waals surface area contributed by atoms with Gasteiger partial charge in [-0.15, -0.1) is 0 Å². The van der Waals surface area contributed by atoms with Crippen molar-refractivity contribution in [1.82, 2.24) is 5.32 Å². The number of carboxylic acids is 1. The van der Waals surface area contributed by atoms with Crippen molar-refractivity contribution in [3.8, 4) is 0 Å². The average Bonchev–Trinajstić information content (AvgIpc) is 3.13. The first-order chi connectivity index (χ1) is 8.43. The SMILES string of the molecule is CC(NC(=O)c1ccc(I)cc1)(C(=O)O)C1CC1.